The Hall–Kier alpha value is -3.54. The highest BCUT2D eigenvalue weighted by atomic mass is 16.3. The van der Waals surface area contributed by atoms with Gasteiger partial charge < -0.3 is 10.0 Å². The first-order valence-corrected chi connectivity index (χ1v) is 13.2. The van der Waals surface area contributed by atoms with Crippen LogP contribution in [0.15, 0.2) is 84.9 Å². The van der Waals surface area contributed by atoms with Crippen LogP contribution in [-0.2, 0) is 12.8 Å². The fraction of sp³-hybridized carbons (Fsp3) is 0.312. The molecule has 1 saturated heterocycles. The van der Waals surface area contributed by atoms with E-state index in [1.54, 1.807) is 0 Å². The summed E-state index contributed by atoms with van der Waals surface area (Å²) < 4.78 is 0. The Kier molecular flexibility index (Phi) is 7.93. The second-order valence-electron chi connectivity index (χ2n) is 10.0. The van der Waals surface area contributed by atoms with E-state index in [0.717, 1.165) is 55.5 Å². The van der Waals surface area contributed by atoms with Crippen LogP contribution < -0.4 is 4.90 Å². The summed E-state index contributed by atoms with van der Waals surface area (Å²) in [6.07, 6.45) is 1.14. The second kappa shape index (κ2) is 11.7. The maximum absolute atomic E-state index is 10.7. The fourth-order valence-electron chi connectivity index (χ4n) is 5.16. The van der Waals surface area contributed by atoms with Gasteiger partial charge in [-0.2, -0.15) is 0 Å². The topological polar surface area (TPSA) is 52.5 Å². The molecule has 2 heterocycles. The van der Waals surface area contributed by atoms with E-state index in [1.165, 1.54) is 22.3 Å². The Morgan fingerprint density at radius 3 is 2.14 bits per heavy atom. The summed E-state index contributed by atoms with van der Waals surface area (Å²) in [5.74, 6) is 1.82. The van der Waals surface area contributed by atoms with Crippen LogP contribution in [0, 0.1) is 13.8 Å². The molecule has 190 valence electrons. The number of aliphatic hydroxyl groups excluding tert-OH is 1. The van der Waals surface area contributed by atoms with E-state index in [1.807, 2.05) is 36.4 Å². The van der Waals surface area contributed by atoms with Crippen molar-refractivity contribution in [2.24, 2.45) is 0 Å². The molecule has 0 bridgehead atoms. The second-order valence-corrected chi connectivity index (χ2v) is 10.0. The van der Waals surface area contributed by atoms with Gasteiger partial charge >= 0.3 is 0 Å². The number of nitrogens with zero attached hydrogens (tertiary/aromatic N) is 4. The SMILES string of the molecule is Cc1ccccc1Cc1c(C)nc(-c2ccccc2)nc1N1CCN(C[C@@H](O)Cc2ccccc2)CC1. The van der Waals surface area contributed by atoms with Crippen LogP contribution in [0.4, 0.5) is 5.82 Å². The van der Waals surface area contributed by atoms with Crippen molar-refractivity contribution in [3.05, 3.63) is 113 Å². The Bertz CT molecular complexity index is 1300. The highest BCUT2D eigenvalue weighted by molar-refractivity contribution is 5.61. The minimum atomic E-state index is -0.364. The van der Waals surface area contributed by atoms with Gasteiger partial charge in [0, 0.05) is 56.0 Å². The van der Waals surface area contributed by atoms with Crippen molar-refractivity contribution >= 4 is 5.82 Å². The predicted octanol–water partition coefficient (Wildman–Crippen LogP) is 5.08. The van der Waals surface area contributed by atoms with Crippen molar-refractivity contribution in [2.45, 2.75) is 32.8 Å². The number of rotatable bonds is 8. The first kappa shape index (κ1) is 25.1. The lowest BCUT2D eigenvalue weighted by molar-refractivity contribution is 0.109. The van der Waals surface area contributed by atoms with Gasteiger partial charge in [-0.15, -0.1) is 0 Å². The zero-order valence-electron chi connectivity index (χ0n) is 21.8. The van der Waals surface area contributed by atoms with E-state index in [4.69, 9.17) is 9.97 Å². The lowest BCUT2D eigenvalue weighted by Gasteiger charge is -2.37. The van der Waals surface area contributed by atoms with Crippen LogP contribution in [0.25, 0.3) is 11.4 Å². The van der Waals surface area contributed by atoms with Crippen LogP contribution >= 0.6 is 0 Å². The molecule has 0 unspecified atom stereocenters. The van der Waals surface area contributed by atoms with E-state index in [-0.39, 0.29) is 6.10 Å². The summed E-state index contributed by atoms with van der Waals surface area (Å²) in [6, 6.07) is 29.1. The quantitative estimate of drug-likeness (QED) is 0.372. The van der Waals surface area contributed by atoms with Crippen LogP contribution in [0.1, 0.15) is 27.9 Å². The van der Waals surface area contributed by atoms with Crippen molar-refractivity contribution in [2.75, 3.05) is 37.6 Å². The molecule has 1 aliphatic rings. The molecule has 1 N–H and O–H groups in total. The standard InChI is InChI=1S/C32H36N4O/c1-24-11-9-10-16-28(24)22-30-25(2)33-31(27-14-7-4-8-15-27)34-32(30)36-19-17-35(18-20-36)23-29(37)21-26-12-5-3-6-13-26/h3-16,29,37H,17-23H2,1-2H3/t29-/m0/s1. The Labute approximate surface area is 220 Å². The molecule has 1 aromatic heterocycles. The summed E-state index contributed by atoms with van der Waals surface area (Å²) in [6.45, 7) is 8.53. The Morgan fingerprint density at radius 1 is 0.784 bits per heavy atom. The number of β-amino-alcohol motifs (C(OH)–C–C–N with tert-alkyl or cyclic N) is 1. The lowest BCUT2D eigenvalue weighted by Crippen LogP contribution is -2.49. The smallest absolute Gasteiger partial charge is 0.161 e. The average Bonchev–Trinajstić information content (AvgIpc) is 2.92. The number of piperazine rings is 1. The van der Waals surface area contributed by atoms with Gasteiger partial charge in [-0.3, -0.25) is 4.90 Å². The van der Waals surface area contributed by atoms with Gasteiger partial charge in [-0.05, 0) is 37.0 Å². The van der Waals surface area contributed by atoms with Gasteiger partial charge in [-0.1, -0.05) is 84.9 Å². The predicted molar refractivity (Wildman–Crippen MR) is 151 cm³/mol. The largest absolute Gasteiger partial charge is 0.391 e. The summed E-state index contributed by atoms with van der Waals surface area (Å²) in [5, 5.41) is 10.7. The number of benzene rings is 3. The summed E-state index contributed by atoms with van der Waals surface area (Å²) in [4.78, 5) is 14.9. The van der Waals surface area contributed by atoms with Crippen molar-refractivity contribution in [3.8, 4) is 11.4 Å². The van der Waals surface area contributed by atoms with Crippen molar-refractivity contribution < 1.29 is 5.11 Å². The third kappa shape index (κ3) is 6.24. The van der Waals surface area contributed by atoms with Gasteiger partial charge in [0.15, 0.2) is 5.82 Å². The summed E-state index contributed by atoms with van der Waals surface area (Å²) in [5.41, 5.74) is 7.05. The van der Waals surface area contributed by atoms with E-state index in [2.05, 4.69) is 72.2 Å². The fourth-order valence-corrected chi connectivity index (χ4v) is 5.16. The van der Waals surface area contributed by atoms with Crippen LogP contribution in [0.2, 0.25) is 0 Å². The molecule has 5 rings (SSSR count). The van der Waals surface area contributed by atoms with Crippen molar-refractivity contribution in [3.63, 3.8) is 0 Å². The summed E-state index contributed by atoms with van der Waals surface area (Å²) >= 11 is 0. The van der Waals surface area contributed by atoms with Gasteiger partial charge in [0.2, 0.25) is 0 Å². The van der Waals surface area contributed by atoms with E-state index < -0.39 is 0 Å². The third-order valence-corrected chi connectivity index (χ3v) is 7.31. The Morgan fingerprint density at radius 2 is 1.43 bits per heavy atom. The zero-order chi connectivity index (χ0) is 25.6. The van der Waals surface area contributed by atoms with Gasteiger partial charge in [0.1, 0.15) is 5.82 Å². The molecule has 3 aromatic carbocycles. The Balaban J connectivity index is 1.35. The molecule has 0 radical (unpaired) electrons. The molecule has 1 fully saturated rings. The van der Waals surface area contributed by atoms with E-state index in [9.17, 15) is 5.11 Å². The molecule has 0 amide bonds. The molecule has 0 spiro atoms. The van der Waals surface area contributed by atoms with E-state index >= 15 is 0 Å². The first-order chi connectivity index (χ1) is 18.1. The molecule has 5 heteroatoms. The number of anilines is 1. The third-order valence-electron chi connectivity index (χ3n) is 7.31. The average molecular weight is 493 g/mol. The van der Waals surface area contributed by atoms with Crippen LogP contribution in [-0.4, -0.2) is 58.8 Å². The highest BCUT2D eigenvalue weighted by Gasteiger charge is 2.24. The maximum atomic E-state index is 10.7. The number of aliphatic hydroxyl groups is 1. The van der Waals surface area contributed by atoms with Gasteiger partial charge in [0.05, 0.1) is 6.10 Å². The zero-order valence-corrected chi connectivity index (χ0v) is 21.8. The molecule has 5 nitrogen and oxygen atoms in total. The number of aryl methyl sites for hydroxylation is 2. The molecular weight excluding hydrogens is 456 g/mol. The number of hydrogen-bond donors (Lipinski definition) is 1. The molecule has 0 saturated carbocycles. The van der Waals surface area contributed by atoms with Crippen LogP contribution in [0.3, 0.4) is 0 Å². The minimum absolute atomic E-state index is 0.364. The molecule has 4 aromatic rings. The normalized spacial score (nSPS) is 15.1. The van der Waals surface area contributed by atoms with Crippen LogP contribution in [0.5, 0.6) is 0 Å². The van der Waals surface area contributed by atoms with E-state index in [0.29, 0.717) is 13.0 Å². The highest BCUT2D eigenvalue weighted by Crippen LogP contribution is 2.29. The number of aromatic nitrogens is 2. The summed E-state index contributed by atoms with van der Waals surface area (Å²) in [7, 11) is 0. The molecule has 37 heavy (non-hydrogen) atoms. The molecular formula is C32H36N4O. The monoisotopic (exact) mass is 492 g/mol. The maximum Gasteiger partial charge on any atom is 0.161 e. The van der Waals surface area contributed by atoms with Crippen molar-refractivity contribution in [1.29, 1.82) is 0 Å². The molecule has 1 aliphatic heterocycles. The molecule has 1 atom stereocenters. The van der Waals surface area contributed by atoms with Gasteiger partial charge in [-0.25, -0.2) is 9.97 Å². The van der Waals surface area contributed by atoms with Crippen molar-refractivity contribution in [1.82, 2.24) is 14.9 Å². The molecule has 0 aliphatic carbocycles. The lowest BCUT2D eigenvalue weighted by atomic mass is 9.99. The number of hydrogen-bond acceptors (Lipinski definition) is 5. The van der Waals surface area contributed by atoms with Gasteiger partial charge in [0.25, 0.3) is 0 Å². The minimum Gasteiger partial charge on any atom is -0.391 e. The first-order valence-electron chi connectivity index (χ1n) is 13.2.